The molecule has 0 bridgehead atoms. The van der Waals surface area contributed by atoms with Crippen molar-refractivity contribution >= 4 is 28.4 Å². The fraction of sp³-hybridized carbons (Fsp3) is 0.235. The second-order valence-corrected chi connectivity index (χ2v) is 4.95. The van der Waals surface area contributed by atoms with Crippen LogP contribution in [0.3, 0.4) is 0 Å². The number of nitrogens with one attached hydrogen (secondary N) is 2. The zero-order chi connectivity index (χ0) is 14.7. The minimum Gasteiger partial charge on any atom is -0.372 e. The molecule has 1 heterocycles. The number of aromatic nitrogens is 2. The molecule has 1 aromatic heterocycles. The second kappa shape index (κ2) is 5.87. The lowest BCUT2D eigenvalue weighted by atomic mass is 10.2. The Morgan fingerprint density at radius 1 is 1.00 bits per heavy atom. The summed E-state index contributed by atoms with van der Waals surface area (Å²) in [5.74, 6) is 0.770. The van der Waals surface area contributed by atoms with Crippen LogP contribution in [0.5, 0.6) is 0 Å². The maximum Gasteiger partial charge on any atom is 0.205 e. The van der Waals surface area contributed by atoms with Crippen LogP contribution in [0.4, 0.5) is 17.3 Å². The van der Waals surface area contributed by atoms with Crippen molar-refractivity contribution < 1.29 is 0 Å². The zero-order valence-corrected chi connectivity index (χ0v) is 12.4. The first kappa shape index (κ1) is 13.5. The van der Waals surface area contributed by atoms with Crippen LogP contribution in [-0.4, -0.2) is 23.1 Å². The molecule has 0 spiro atoms. The molecule has 4 heteroatoms. The highest BCUT2D eigenvalue weighted by molar-refractivity contribution is 5.78. The Morgan fingerprint density at radius 3 is 2.38 bits per heavy atom. The average molecular weight is 280 g/mol. The van der Waals surface area contributed by atoms with Crippen molar-refractivity contribution in [2.75, 3.05) is 23.3 Å². The molecule has 0 atom stereocenters. The highest BCUT2D eigenvalue weighted by Gasteiger charge is 2.04. The third kappa shape index (κ3) is 2.84. The molecule has 0 unspecified atom stereocenters. The molecule has 0 saturated heterocycles. The molecule has 2 aromatic carbocycles. The van der Waals surface area contributed by atoms with Gasteiger partial charge in [0.2, 0.25) is 5.95 Å². The van der Waals surface area contributed by atoms with E-state index in [1.54, 1.807) is 0 Å². The lowest BCUT2D eigenvalue weighted by Crippen LogP contribution is -2.21. The van der Waals surface area contributed by atoms with Gasteiger partial charge in [-0.3, -0.25) is 0 Å². The van der Waals surface area contributed by atoms with Crippen LogP contribution in [0.1, 0.15) is 13.8 Å². The smallest absolute Gasteiger partial charge is 0.205 e. The highest BCUT2D eigenvalue weighted by Crippen LogP contribution is 2.21. The molecule has 4 nitrogen and oxygen atoms in total. The van der Waals surface area contributed by atoms with Crippen molar-refractivity contribution in [3.8, 4) is 0 Å². The molecule has 0 saturated carbocycles. The van der Waals surface area contributed by atoms with E-state index in [1.807, 2.05) is 24.3 Å². The number of rotatable bonds is 5. The van der Waals surface area contributed by atoms with Gasteiger partial charge in [0.15, 0.2) is 0 Å². The van der Waals surface area contributed by atoms with Crippen molar-refractivity contribution in [1.82, 2.24) is 9.97 Å². The minimum absolute atomic E-state index is 0.770. The summed E-state index contributed by atoms with van der Waals surface area (Å²) >= 11 is 0. The molecular weight excluding hydrogens is 260 g/mol. The van der Waals surface area contributed by atoms with E-state index in [2.05, 4.69) is 58.3 Å². The maximum atomic E-state index is 4.52. The van der Waals surface area contributed by atoms with Crippen molar-refractivity contribution in [3.63, 3.8) is 0 Å². The topological polar surface area (TPSA) is 44.0 Å². The van der Waals surface area contributed by atoms with Crippen molar-refractivity contribution in [3.05, 3.63) is 48.5 Å². The van der Waals surface area contributed by atoms with Crippen molar-refractivity contribution in [1.29, 1.82) is 0 Å². The van der Waals surface area contributed by atoms with Gasteiger partial charge >= 0.3 is 0 Å². The quantitative estimate of drug-likeness (QED) is 0.737. The number of hydrogen-bond acceptors (Lipinski definition) is 3. The average Bonchev–Trinajstić information content (AvgIpc) is 2.92. The Morgan fingerprint density at radius 2 is 1.71 bits per heavy atom. The SMILES string of the molecule is CCN(CC)c1ccc(Nc2nc3ccccc3[nH]2)cc1. The Hall–Kier alpha value is -2.49. The van der Waals surface area contributed by atoms with Gasteiger partial charge in [-0.1, -0.05) is 12.1 Å². The standard InChI is InChI=1S/C17H20N4/c1-3-21(4-2)14-11-9-13(10-12-14)18-17-19-15-7-5-6-8-16(15)20-17/h5-12H,3-4H2,1-2H3,(H2,18,19,20). The maximum absolute atomic E-state index is 4.52. The number of fused-ring (bicyclic) bond motifs is 1. The van der Waals surface area contributed by atoms with E-state index < -0.39 is 0 Å². The molecule has 0 aliphatic carbocycles. The molecule has 0 radical (unpaired) electrons. The monoisotopic (exact) mass is 280 g/mol. The van der Waals surface area contributed by atoms with Gasteiger partial charge in [-0.05, 0) is 50.2 Å². The van der Waals surface area contributed by atoms with Gasteiger partial charge < -0.3 is 15.2 Å². The van der Waals surface area contributed by atoms with Gasteiger partial charge in [0, 0.05) is 24.5 Å². The Labute approximate surface area is 124 Å². The van der Waals surface area contributed by atoms with Crippen LogP contribution in [-0.2, 0) is 0 Å². The molecule has 0 fully saturated rings. The third-order valence-corrected chi connectivity index (χ3v) is 3.65. The number of benzene rings is 2. The largest absolute Gasteiger partial charge is 0.372 e. The summed E-state index contributed by atoms with van der Waals surface area (Å²) in [4.78, 5) is 10.1. The first-order chi connectivity index (χ1) is 10.3. The van der Waals surface area contributed by atoms with E-state index in [1.165, 1.54) is 5.69 Å². The minimum atomic E-state index is 0.770. The van der Waals surface area contributed by atoms with Gasteiger partial charge in [0.25, 0.3) is 0 Å². The number of hydrogen-bond donors (Lipinski definition) is 2. The zero-order valence-electron chi connectivity index (χ0n) is 12.4. The summed E-state index contributed by atoms with van der Waals surface area (Å²) in [7, 11) is 0. The Bertz CT molecular complexity index is 678. The molecular formula is C17H20N4. The van der Waals surface area contributed by atoms with E-state index >= 15 is 0 Å². The number of anilines is 3. The Balaban J connectivity index is 1.78. The molecule has 108 valence electrons. The molecule has 0 amide bonds. The summed E-state index contributed by atoms with van der Waals surface area (Å²) in [5.41, 5.74) is 4.29. The predicted octanol–water partition coefficient (Wildman–Crippen LogP) is 4.15. The number of aromatic amines is 1. The summed E-state index contributed by atoms with van der Waals surface area (Å²) in [6, 6.07) is 16.5. The number of imidazole rings is 1. The van der Waals surface area contributed by atoms with Gasteiger partial charge in [-0.25, -0.2) is 4.98 Å². The molecule has 2 N–H and O–H groups in total. The van der Waals surface area contributed by atoms with E-state index in [4.69, 9.17) is 0 Å². The van der Waals surface area contributed by atoms with Crippen LogP contribution in [0, 0.1) is 0 Å². The van der Waals surface area contributed by atoms with Gasteiger partial charge in [0.1, 0.15) is 0 Å². The molecule has 3 rings (SSSR count). The highest BCUT2D eigenvalue weighted by atomic mass is 15.1. The van der Waals surface area contributed by atoms with Crippen molar-refractivity contribution in [2.24, 2.45) is 0 Å². The summed E-state index contributed by atoms with van der Waals surface area (Å²) in [5, 5.41) is 3.31. The van der Waals surface area contributed by atoms with Crippen molar-refractivity contribution in [2.45, 2.75) is 13.8 Å². The van der Waals surface area contributed by atoms with E-state index in [-0.39, 0.29) is 0 Å². The van der Waals surface area contributed by atoms with Gasteiger partial charge in [0.05, 0.1) is 11.0 Å². The number of H-pyrrole nitrogens is 1. The first-order valence-electron chi connectivity index (χ1n) is 7.37. The fourth-order valence-electron chi connectivity index (χ4n) is 2.49. The van der Waals surface area contributed by atoms with Crippen LogP contribution in [0.15, 0.2) is 48.5 Å². The van der Waals surface area contributed by atoms with E-state index in [0.29, 0.717) is 0 Å². The van der Waals surface area contributed by atoms with Crippen LogP contribution >= 0.6 is 0 Å². The van der Waals surface area contributed by atoms with Crippen LogP contribution in [0.25, 0.3) is 11.0 Å². The summed E-state index contributed by atoms with van der Waals surface area (Å²) in [6.45, 7) is 6.38. The van der Waals surface area contributed by atoms with Gasteiger partial charge in [-0.15, -0.1) is 0 Å². The predicted molar refractivity (Wildman–Crippen MR) is 89.4 cm³/mol. The number of nitrogens with zero attached hydrogens (tertiary/aromatic N) is 2. The lowest BCUT2D eigenvalue weighted by molar-refractivity contribution is 0.866. The summed E-state index contributed by atoms with van der Waals surface area (Å²) < 4.78 is 0. The lowest BCUT2D eigenvalue weighted by Gasteiger charge is -2.21. The normalized spacial score (nSPS) is 10.8. The summed E-state index contributed by atoms with van der Waals surface area (Å²) in [6.07, 6.45) is 0. The Kier molecular flexibility index (Phi) is 3.77. The molecule has 0 aliphatic rings. The second-order valence-electron chi connectivity index (χ2n) is 4.95. The van der Waals surface area contributed by atoms with Gasteiger partial charge in [-0.2, -0.15) is 0 Å². The fourth-order valence-corrected chi connectivity index (χ4v) is 2.49. The third-order valence-electron chi connectivity index (χ3n) is 3.65. The molecule has 3 aromatic rings. The number of para-hydroxylation sites is 2. The first-order valence-corrected chi connectivity index (χ1v) is 7.37. The van der Waals surface area contributed by atoms with Crippen LogP contribution in [0.2, 0.25) is 0 Å². The molecule has 0 aliphatic heterocycles. The van der Waals surface area contributed by atoms with E-state index in [9.17, 15) is 0 Å². The van der Waals surface area contributed by atoms with Crippen LogP contribution < -0.4 is 10.2 Å². The van der Waals surface area contributed by atoms with E-state index in [0.717, 1.165) is 35.8 Å². The molecule has 21 heavy (non-hydrogen) atoms.